The van der Waals surface area contributed by atoms with Crippen molar-refractivity contribution < 1.29 is 4.79 Å². The van der Waals surface area contributed by atoms with Crippen molar-refractivity contribution in [1.29, 1.82) is 0 Å². The molecule has 0 aliphatic carbocycles. The van der Waals surface area contributed by atoms with E-state index < -0.39 is 0 Å². The molecule has 0 unspecified atom stereocenters. The van der Waals surface area contributed by atoms with E-state index in [-0.39, 0.29) is 5.91 Å². The Labute approximate surface area is 152 Å². The molecule has 0 bridgehead atoms. The van der Waals surface area contributed by atoms with Crippen molar-refractivity contribution in [3.8, 4) is 11.1 Å². The first-order valence-electron chi connectivity index (χ1n) is 8.60. The van der Waals surface area contributed by atoms with Crippen LogP contribution >= 0.6 is 0 Å². The zero-order valence-corrected chi connectivity index (χ0v) is 14.9. The molecule has 1 aliphatic rings. The van der Waals surface area contributed by atoms with Crippen LogP contribution in [0.5, 0.6) is 0 Å². The maximum Gasteiger partial charge on any atom is 0.242 e. The quantitative estimate of drug-likeness (QED) is 0.713. The van der Waals surface area contributed by atoms with E-state index in [0.717, 1.165) is 33.8 Å². The van der Waals surface area contributed by atoms with E-state index in [1.54, 1.807) is 23.5 Å². The molecule has 5 nitrogen and oxygen atoms in total. The van der Waals surface area contributed by atoms with Gasteiger partial charge in [0, 0.05) is 54.8 Å². The molecule has 0 N–H and O–H groups in total. The van der Waals surface area contributed by atoms with Crippen LogP contribution in [0.15, 0.2) is 61.1 Å². The summed E-state index contributed by atoms with van der Waals surface area (Å²) in [5, 5.41) is 0. The molecule has 0 saturated heterocycles. The lowest BCUT2D eigenvalue weighted by molar-refractivity contribution is -0.128. The molecule has 130 valence electrons. The number of nitrogens with zero attached hydrogens (tertiary/aromatic N) is 4. The van der Waals surface area contributed by atoms with E-state index in [1.807, 2.05) is 32.2 Å². The Bertz CT molecular complexity index is 955. The van der Waals surface area contributed by atoms with E-state index >= 15 is 0 Å². The maximum atomic E-state index is 12.5. The van der Waals surface area contributed by atoms with Crippen LogP contribution in [0, 0.1) is 6.92 Å². The van der Waals surface area contributed by atoms with Crippen LogP contribution in [0.4, 0.5) is 11.4 Å². The number of aryl methyl sites for hydroxylation is 1. The third kappa shape index (κ3) is 2.92. The van der Waals surface area contributed by atoms with Crippen LogP contribution in [0.3, 0.4) is 0 Å². The summed E-state index contributed by atoms with van der Waals surface area (Å²) < 4.78 is 0. The summed E-state index contributed by atoms with van der Waals surface area (Å²) in [5.41, 5.74) is 6.34. The standard InChI is InChI=1S/C21H20N4O/c1-15-19(4-3-9-23-15)16-5-6-17-13-24(2)21(26)14-25(20(17)12-16)18-7-10-22-11-8-18/h3-12H,13-14H2,1-2H3. The Morgan fingerprint density at radius 3 is 2.58 bits per heavy atom. The summed E-state index contributed by atoms with van der Waals surface area (Å²) in [6.07, 6.45) is 5.31. The largest absolute Gasteiger partial charge is 0.340 e. The Morgan fingerprint density at radius 2 is 1.81 bits per heavy atom. The number of carbonyl (C=O) groups is 1. The molecule has 4 rings (SSSR count). The topological polar surface area (TPSA) is 49.3 Å². The summed E-state index contributed by atoms with van der Waals surface area (Å²) >= 11 is 0. The van der Waals surface area contributed by atoms with E-state index in [4.69, 9.17) is 0 Å². The van der Waals surface area contributed by atoms with E-state index in [2.05, 4.69) is 39.1 Å². The third-order valence-corrected chi connectivity index (χ3v) is 4.80. The van der Waals surface area contributed by atoms with Gasteiger partial charge in [-0.25, -0.2) is 0 Å². The monoisotopic (exact) mass is 344 g/mol. The summed E-state index contributed by atoms with van der Waals surface area (Å²) in [4.78, 5) is 24.9. The lowest BCUT2D eigenvalue weighted by atomic mass is 10.0. The van der Waals surface area contributed by atoms with Crippen molar-refractivity contribution in [3.63, 3.8) is 0 Å². The highest BCUT2D eigenvalue weighted by molar-refractivity contribution is 5.87. The normalized spacial score (nSPS) is 14.2. The fraction of sp³-hybridized carbons (Fsp3) is 0.190. The van der Waals surface area contributed by atoms with E-state index in [9.17, 15) is 4.79 Å². The second kappa shape index (κ2) is 6.59. The van der Waals surface area contributed by atoms with Crippen molar-refractivity contribution in [2.45, 2.75) is 13.5 Å². The van der Waals surface area contributed by atoms with Crippen molar-refractivity contribution in [2.24, 2.45) is 0 Å². The highest BCUT2D eigenvalue weighted by Gasteiger charge is 2.25. The molecule has 1 amide bonds. The average Bonchev–Trinajstić information content (AvgIpc) is 2.79. The van der Waals surface area contributed by atoms with E-state index in [0.29, 0.717) is 13.1 Å². The van der Waals surface area contributed by atoms with Crippen molar-refractivity contribution >= 4 is 17.3 Å². The maximum absolute atomic E-state index is 12.5. The summed E-state index contributed by atoms with van der Waals surface area (Å²) in [6.45, 7) is 2.92. The molecule has 2 aromatic heterocycles. The van der Waals surface area contributed by atoms with Gasteiger partial charge in [0.15, 0.2) is 0 Å². The van der Waals surface area contributed by atoms with Crippen molar-refractivity contribution in [1.82, 2.24) is 14.9 Å². The first kappa shape index (κ1) is 16.3. The van der Waals surface area contributed by atoms with Gasteiger partial charge in [-0.1, -0.05) is 18.2 Å². The Morgan fingerprint density at radius 1 is 1.00 bits per heavy atom. The van der Waals surface area contributed by atoms with Gasteiger partial charge in [0.1, 0.15) is 6.54 Å². The van der Waals surface area contributed by atoms with Gasteiger partial charge < -0.3 is 9.80 Å². The number of hydrogen-bond acceptors (Lipinski definition) is 4. The van der Waals surface area contributed by atoms with Gasteiger partial charge in [0.05, 0.1) is 0 Å². The van der Waals surface area contributed by atoms with Crippen molar-refractivity contribution in [2.75, 3.05) is 18.5 Å². The highest BCUT2D eigenvalue weighted by Crippen LogP contribution is 2.35. The third-order valence-electron chi connectivity index (χ3n) is 4.80. The van der Waals surface area contributed by atoms with E-state index in [1.165, 1.54) is 0 Å². The number of benzene rings is 1. The molecule has 3 aromatic rings. The number of carbonyl (C=O) groups excluding carboxylic acids is 1. The second-order valence-electron chi connectivity index (χ2n) is 6.52. The number of pyridine rings is 2. The highest BCUT2D eigenvalue weighted by atomic mass is 16.2. The van der Waals surface area contributed by atoms with Crippen molar-refractivity contribution in [3.05, 3.63) is 72.3 Å². The molecule has 1 aliphatic heterocycles. The van der Waals surface area contributed by atoms with Crippen LogP contribution < -0.4 is 4.90 Å². The summed E-state index contributed by atoms with van der Waals surface area (Å²) in [5.74, 6) is 0.0946. The minimum Gasteiger partial charge on any atom is -0.340 e. The number of hydrogen-bond donors (Lipinski definition) is 0. The van der Waals surface area contributed by atoms with Crippen LogP contribution in [0.1, 0.15) is 11.3 Å². The van der Waals surface area contributed by atoms with Crippen LogP contribution in [-0.4, -0.2) is 34.4 Å². The fourth-order valence-electron chi connectivity index (χ4n) is 3.34. The molecular weight excluding hydrogens is 324 g/mol. The number of amides is 1. The fourth-order valence-corrected chi connectivity index (χ4v) is 3.34. The van der Waals surface area contributed by atoms with Gasteiger partial charge in [-0.05, 0) is 42.3 Å². The Balaban J connectivity index is 1.87. The van der Waals surface area contributed by atoms with Gasteiger partial charge in [-0.3, -0.25) is 14.8 Å². The smallest absolute Gasteiger partial charge is 0.242 e. The van der Waals surface area contributed by atoms with Crippen LogP contribution in [0.2, 0.25) is 0 Å². The first-order chi connectivity index (χ1) is 12.6. The molecule has 26 heavy (non-hydrogen) atoms. The minimum atomic E-state index is 0.0946. The SMILES string of the molecule is Cc1ncccc1-c1ccc2c(c1)N(c1ccncc1)CC(=O)N(C)C2. The molecule has 0 atom stereocenters. The second-order valence-corrected chi connectivity index (χ2v) is 6.52. The minimum absolute atomic E-state index is 0.0946. The number of anilines is 2. The molecule has 5 heteroatoms. The average molecular weight is 344 g/mol. The van der Waals surface area contributed by atoms with Gasteiger partial charge in [-0.15, -0.1) is 0 Å². The molecule has 3 heterocycles. The first-order valence-corrected chi connectivity index (χ1v) is 8.60. The van der Waals surface area contributed by atoms with Gasteiger partial charge in [-0.2, -0.15) is 0 Å². The van der Waals surface area contributed by atoms with Gasteiger partial charge in [0.25, 0.3) is 0 Å². The lowest BCUT2D eigenvalue weighted by Crippen LogP contribution is -2.32. The molecule has 0 fully saturated rings. The zero-order chi connectivity index (χ0) is 18.1. The van der Waals surface area contributed by atoms with Gasteiger partial charge >= 0.3 is 0 Å². The van der Waals surface area contributed by atoms with Crippen LogP contribution in [0.25, 0.3) is 11.1 Å². The predicted octanol–water partition coefficient (Wildman–Crippen LogP) is 3.56. The molecular formula is C21H20N4O. The molecule has 0 radical (unpaired) electrons. The Hall–Kier alpha value is -3.21. The number of likely N-dealkylation sites (N-methyl/N-ethyl adjacent to an activating group) is 1. The van der Waals surface area contributed by atoms with Gasteiger partial charge in [0.2, 0.25) is 5.91 Å². The molecule has 1 aromatic carbocycles. The van der Waals surface area contributed by atoms with Crippen LogP contribution in [-0.2, 0) is 11.3 Å². The number of rotatable bonds is 2. The molecule has 0 saturated carbocycles. The number of aromatic nitrogens is 2. The Kier molecular flexibility index (Phi) is 4.13. The zero-order valence-electron chi connectivity index (χ0n) is 14.9. The summed E-state index contributed by atoms with van der Waals surface area (Å²) in [7, 11) is 1.85. The predicted molar refractivity (Wildman–Crippen MR) is 102 cm³/mol. The lowest BCUT2D eigenvalue weighted by Gasteiger charge is -2.24. The molecule has 0 spiro atoms. The summed E-state index contributed by atoms with van der Waals surface area (Å²) in [6, 6.07) is 14.3. The number of fused-ring (bicyclic) bond motifs is 1.